The fourth-order valence-electron chi connectivity index (χ4n) is 1.69. The van der Waals surface area contributed by atoms with Crippen molar-refractivity contribution >= 4 is 17.7 Å². The number of nitrogens with zero attached hydrogens (tertiary/aromatic N) is 1. The lowest BCUT2D eigenvalue weighted by Crippen LogP contribution is -2.00. The zero-order chi connectivity index (χ0) is 13.8. The van der Waals surface area contributed by atoms with Crippen molar-refractivity contribution in [3.8, 4) is 11.5 Å². The molecule has 0 aliphatic carbocycles. The molecule has 100 valence electrons. The summed E-state index contributed by atoms with van der Waals surface area (Å²) in [4.78, 5) is 16.3. The van der Waals surface area contributed by atoms with E-state index in [4.69, 9.17) is 14.3 Å². The van der Waals surface area contributed by atoms with Gasteiger partial charge in [0.1, 0.15) is 5.69 Å². The van der Waals surface area contributed by atoms with E-state index in [9.17, 15) is 4.79 Å². The monoisotopic (exact) mass is 279 g/mol. The highest BCUT2D eigenvalue weighted by Gasteiger charge is 2.21. The number of aromatic carboxylic acids is 1. The summed E-state index contributed by atoms with van der Waals surface area (Å²) in [6.07, 6.45) is 1.94. The van der Waals surface area contributed by atoms with Gasteiger partial charge in [0.05, 0.1) is 12.2 Å². The van der Waals surface area contributed by atoms with E-state index in [2.05, 4.69) is 4.98 Å². The Bertz CT molecular complexity index is 594. The summed E-state index contributed by atoms with van der Waals surface area (Å²) in [5.41, 5.74) is 1.07. The van der Waals surface area contributed by atoms with E-state index in [-0.39, 0.29) is 12.4 Å². The van der Waals surface area contributed by atoms with E-state index in [0.717, 1.165) is 10.5 Å². The van der Waals surface area contributed by atoms with Crippen molar-refractivity contribution in [3.63, 3.8) is 0 Å². The third kappa shape index (κ3) is 2.80. The highest BCUT2D eigenvalue weighted by atomic mass is 32.2. The molecule has 1 aromatic heterocycles. The molecule has 5 nitrogen and oxygen atoms in total. The van der Waals surface area contributed by atoms with Gasteiger partial charge < -0.3 is 14.3 Å². The topological polar surface area (TPSA) is 72.6 Å². The molecule has 1 aromatic carbocycles. The molecule has 2 aromatic rings. The van der Waals surface area contributed by atoms with Gasteiger partial charge >= 0.3 is 5.97 Å². The first-order valence-corrected chi connectivity index (χ1v) is 6.75. The van der Waals surface area contributed by atoms with Crippen molar-refractivity contribution in [2.45, 2.75) is 11.5 Å². The molecule has 0 radical (unpaired) electrons. The number of rotatable bonds is 5. The van der Waals surface area contributed by atoms with Crippen molar-refractivity contribution in [2.75, 3.05) is 13.4 Å². The predicted molar refractivity (Wildman–Crippen MR) is 71.4 cm³/mol. The molecule has 0 fully saturated rings. The van der Waals surface area contributed by atoms with Gasteiger partial charge in [-0.1, -0.05) is 12.1 Å². The molecule has 0 bridgehead atoms. The quantitative estimate of drug-likeness (QED) is 0.848. The van der Waals surface area contributed by atoms with Crippen LogP contribution in [0.25, 0.3) is 11.5 Å². The van der Waals surface area contributed by atoms with Crippen LogP contribution in [0.1, 0.15) is 16.2 Å². The van der Waals surface area contributed by atoms with Crippen molar-refractivity contribution < 1.29 is 19.1 Å². The van der Waals surface area contributed by atoms with Crippen LogP contribution in [0.5, 0.6) is 0 Å². The van der Waals surface area contributed by atoms with Crippen LogP contribution < -0.4 is 0 Å². The molecule has 0 unspecified atom stereocenters. The standard InChI is InChI=1S/C13H13NO4S/c1-17-7-9-11(13(15)16)18-12(14-9)8-5-3-4-6-10(8)19-2/h3-6H,7H2,1-2H3,(H,15,16). The van der Waals surface area contributed by atoms with E-state index in [1.165, 1.54) is 7.11 Å². The molecule has 19 heavy (non-hydrogen) atoms. The Labute approximate surface area is 114 Å². The van der Waals surface area contributed by atoms with Gasteiger partial charge in [0.15, 0.2) is 0 Å². The molecule has 0 aliphatic rings. The molecule has 1 heterocycles. The average molecular weight is 279 g/mol. The van der Waals surface area contributed by atoms with Crippen molar-refractivity contribution in [3.05, 3.63) is 35.7 Å². The Morgan fingerprint density at radius 3 is 2.84 bits per heavy atom. The van der Waals surface area contributed by atoms with Gasteiger partial charge in [0, 0.05) is 12.0 Å². The Morgan fingerprint density at radius 2 is 2.21 bits per heavy atom. The Hall–Kier alpha value is -1.79. The molecule has 0 spiro atoms. The number of hydrogen-bond donors (Lipinski definition) is 1. The largest absolute Gasteiger partial charge is 0.475 e. The SMILES string of the molecule is COCc1nc(-c2ccccc2SC)oc1C(=O)O. The predicted octanol–water partition coefficient (Wildman–Crippen LogP) is 2.91. The highest BCUT2D eigenvalue weighted by molar-refractivity contribution is 7.98. The minimum absolute atomic E-state index is 0.104. The minimum atomic E-state index is -1.15. The highest BCUT2D eigenvalue weighted by Crippen LogP contribution is 2.30. The van der Waals surface area contributed by atoms with E-state index in [0.29, 0.717) is 11.6 Å². The van der Waals surface area contributed by atoms with Crippen LogP contribution in [0.4, 0.5) is 0 Å². The van der Waals surface area contributed by atoms with E-state index >= 15 is 0 Å². The van der Waals surface area contributed by atoms with Gasteiger partial charge in [0.2, 0.25) is 11.7 Å². The van der Waals surface area contributed by atoms with Gasteiger partial charge in [-0.3, -0.25) is 0 Å². The molecule has 0 saturated carbocycles. The molecule has 6 heteroatoms. The Kier molecular flexibility index (Phi) is 4.24. The molecule has 0 atom stereocenters. The molecule has 0 aliphatic heterocycles. The third-order valence-electron chi connectivity index (χ3n) is 2.51. The fourth-order valence-corrected chi connectivity index (χ4v) is 2.28. The maximum absolute atomic E-state index is 11.1. The van der Waals surface area contributed by atoms with Gasteiger partial charge in [-0.25, -0.2) is 9.78 Å². The lowest BCUT2D eigenvalue weighted by Gasteiger charge is -2.01. The summed E-state index contributed by atoms with van der Waals surface area (Å²) in [6, 6.07) is 7.54. The number of carbonyl (C=O) groups is 1. The minimum Gasteiger partial charge on any atom is -0.475 e. The number of carboxylic acids is 1. The Morgan fingerprint density at radius 1 is 1.47 bits per heavy atom. The lowest BCUT2D eigenvalue weighted by atomic mass is 10.2. The smallest absolute Gasteiger partial charge is 0.373 e. The van der Waals surface area contributed by atoms with Crippen LogP contribution in [-0.2, 0) is 11.3 Å². The lowest BCUT2D eigenvalue weighted by molar-refractivity contribution is 0.0656. The second-order valence-electron chi connectivity index (χ2n) is 3.73. The molecule has 0 saturated heterocycles. The average Bonchev–Trinajstić information content (AvgIpc) is 2.83. The number of ether oxygens (including phenoxy) is 1. The van der Waals surface area contributed by atoms with E-state index in [1.807, 2.05) is 30.5 Å². The summed E-state index contributed by atoms with van der Waals surface area (Å²) >= 11 is 1.55. The molecular formula is C13H13NO4S. The van der Waals surface area contributed by atoms with Crippen molar-refractivity contribution in [2.24, 2.45) is 0 Å². The number of methoxy groups -OCH3 is 1. The maximum Gasteiger partial charge on any atom is 0.373 e. The van der Waals surface area contributed by atoms with Crippen LogP contribution in [0.3, 0.4) is 0 Å². The zero-order valence-electron chi connectivity index (χ0n) is 10.5. The Balaban J connectivity index is 2.51. The van der Waals surface area contributed by atoms with Crippen LogP contribution in [0, 0.1) is 0 Å². The normalized spacial score (nSPS) is 10.6. The second-order valence-corrected chi connectivity index (χ2v) is 4.58. The van der Waals surface area contributed by atoms with Gasteiger partial charge in [-0.15, -0.1) is 11.8 Å². The van der Waals surface area contributed by atoms with Gasteiger partial charge in [-0.2, -0.15) is 0 Å². The number of benzene rings is 1. The molecule has 1 N–H and O–H groups in total. The van der Waals surface area contributed by atoms with Crippen molar-refractivity contribution in [1.29, 1.82) is 0 Å². The first kappa shape index (κ1) is 13.6. The van der Waals surface area contributed by atoms with Crippen molar-refractivity contribution in [1.82, 2.24) is 4.98 Å². The summed E-state index contributed by atoms with van der Waals surface area (Å²) in [5.74, 6) is -1.02. The number of thioether (sulfide) groups is 1. The van der Waals surface area contributed by atoms with E-state index < -0.39 is 5.97 Å². The van der Waals surface area contributed by atoms with E-state index in [1.54, 1.807) is 11.8 Å². The van der Waals surface area contributed by atoms with Crippen LogP contribution in [0.15, 0.2) is 33.6 Å². The van der Waals surface area contributed by atoms with Crippen LogP contribution >= 0.6 is 11.8 Å². The van der Waals surface area contributed by atoms with Crippen LogP contribution in [-0.4, -0.2) is 29.4 Å². The summed E-state index contributed by atoms with van der Waals surface area (Å²) in [6.45, 7) is 0.104. The first-order valence-electron chi connectivity index (χ1n) is 5.52. The molecule has 0 amide bonds. The number of oxazole rings is 1. The summed E-state index contributed by atoms with van der Waals surface area (Å²) < 4.78 is 10.3. The molecule has 2 rings (SSSR count). The number of carboxylic acid groups (broad SMARTS) is 1. The summed E-state index contributed by atoms with van der Waals surface area (Å²) in [7, 11) is 1.48. The van der Waals surface area contributed by atoms with Gasteiger partial charge in [0.25, 0.3) is 0 Å². The number of hydrogen-bond acceptors (Lipinski definition) is 5. The first-order chi connectivity index (χ1) is 9.17. The molecular weight excluding hydrogens is 266 g/mol. The fraction of sp³-hybridized carbons (Fsp3) is 0.231. The van der Waals surface area contributed by atoms with Gasteiger partial charge in [-0.05, 0) is 18.4 Å². The number of aromatic nitrogens is 1. The summed E-state index contributed by atoms with van der Waals surface area (Å²) in [5, 5.41) is 9.08. The van der Waals surface area contributed by atoms with Crippen LogP contribution in [0.2, 0.25) is 0 Å². The zero-order valence-corrected chi connectivity index (χ0v) is 11.4. The maximum atomic E-state index is 11.1. The second kappa shape index (κ2) is 5.90. The third-order valence-corrected chi connectivity index (χ3v) is 3.31.